The van der Waals surface area contributed by atoms with Crippen LogP contribution in [0.3, 0.4) is 0 Å². The van der Waals surface area contributed by atoms with Crippen molar-refractivity contribution in [1.29, 1.82) is 0 Å². The second-order valence-electron chi connectivity index (χ2n) is 6.77. The van der Waals surface area contributed by atoms with Gasteiger partial charge in [0.25, 0.3) is 0 Å². The molecule has 0 spiro atoms. The first-order valence-electron chi connectivity index (χ1n) is 8.71. The number of aliphatic hydroxyl groups excluding tert-OH is 1. The van der Waals surface area contributed by atoms with Crippen LogP contribution in [-0.2, 0) is 19.6 Å². The van der Waals surface area contributed by atoms with Crippen LogP contribution in [0.1, 0.15) is 28.2 Å². The second kappa shape index (κ2) is 6.61. The minimum atomic E-state index is 0.0472. The molecule has 1 aromatic carbocycles. The third-order valence-electron chi connectivity index (χ3n) is 4.83. The molecule has 25 heavy (non-hydrogen) atoms. The topological polar surface area (TPSA) is 67.7 Å². The van der Waals surface area contributed by atoms with Crippen molar-refractivity contribution in [1.82, 2.24) is 14.9 Å². The fraction of sp³-hybridized carbons (Fsp3) is 0.474. The first kappa shape index (κ1) is 16.3. The molecule has 3 heterocycles. The number of hydrogen-bond donors (Lipinski definition) is 1. The summed E-state index contributed by atoms with van der Waals surface area (Å²) in [6.45, 7) is 7.08. The maximum atomic E-state index is 9.37. The van der Waals surface area contributed by atoms with E-state index in [2.05, 4.69) is 14.9 Å². The summed E-state index contributed by atoms with van der Waals surface area (Å²) in [7, 11) is 0. The molecule has 1 aromatic heterocycles. The molecule has 4 rings (SSSR count). The lowest BCUT2D eigenvalue weighted by atomic mass is 10.1. The molecule has 0 saturated heterocycles. The lowest BCUT2D eigenvalue weighted by molar-refractivity contribution is 0.135. The Hall–Kier alpha value is -2.18. The lowest BCUT2D eigenvalue weighted by Gasteiger charge is -2.22. The van der Waals surface area contributed by atoms with Crippen LogP contribution in [0.15, 0.2) is 18.2 Å². The Labute approximate surface area is 147 Å². The highest BCUT2D eigenvalue weighted by Gasteiger charge is 2.29. The molecule has 2 aromatic rings. The minimum Gasteiger partial charge on any atom is -0.492 e. The normalized spacial score (nSPS) is 19.6. The lowest BCUT2D eigenvalue weighted by Crippen LogP contribution is -2.35. The molecule has 1 atom stereocenters. The van der Waals surface area contributed by atoms with Crippen molar-refractivity contribution in [2.75, 3.05) is 19.7 Å². The number of aromatic nitrogens is 2. The van der Waals surface area contributed by atoms with Crippen molar-refractivity contribution >= 4 is 0 Å². The summed E-state index contributed by atoms with van der Waals surface area (Å²) < 4.78 is 11.9. The maximum absolute atomic E-state index is 9.37. The third kappa shape index (κ3) is 3.32. The predicted octanol–water partition coefficient (Wildman–Crippen LogP) is 1.78. The van der Waals surface area contributed by atoms with E-state index >= 15 is 0 Å². The number of aryl methyl sites for hydroxylation is 2. The zero-order valence-electron chi connectivity index (χ0n) is 14.7. The van der Waals surface area contributed by atoms with E-state index in [1.807, 2.05) is 32.0 Å². The third-order valence-corrected chi connectivity index (χ3v) is 4.83. The van der Waals surface area contributed by atoms with Crippen LogP contribution in [-0.4, -0.2) is 45.8 Å². The average Bonchev–Trinajstić information content (AvgIpc) is 2.87. The van der Waals surface area contributed by atoms with E-state index in [9.17, 15) is 5.11 Å². The van der Waals surface area contributed by atoms with Crippen molar-refractivity contribution in [2.24, 2.45) is 0 Å². The summed E-state index contributed by atoms with van der Waals surface area (Å²) in [6, 6.07) is 5.89. The summed E-state index contributed by atoms with van der Waals surface area (Å²) in [5.74, 6) is 2.40. The minimum absolute atomic E-state index is 0.0472. The van der Waals surface area contributed by atoms with Crippen molar-refractivity contribution in [3.8, 4) is 11.6 Å². The number of benzene rings is 1. The van der Waals surface area contributed by atoms with Gasteiger partial charge in [0.05, 0.1) is 6.61 Å². The molecule has 2 aliphatic rings. The molecule has 0 saturated carbocycles. The van der Waals surface area contributed by atoms with Crippen LogP contribution in [0.25, 0.3) is 0 Å². The quantitative estimate of drug-likeness (QED) is 0.918. The Bertz CT molecular complexity index is 794. The van der Waals surface area contributed by atoms with Crippen molar-refractivity contribution in [3.63, 3.8) is 0 Å². The van der Waals surface area contributed by atoms with Gasteiger partial charge in [0.15, 0.2) is 0 Å². The number of aliphatic hydroxyl groups is 1. The summed E-state index contributed by atoms with van der Waals surface area (Å²) in [5.41, 5.74) is 4.17. The molecular weight excluding hydrogens is 318 g/mol. The fourth-order valence-corrected chi connectivity index (χ4v) is 3.61. The van der Waals surface area contributed by atoms with Gasteiger partial charge in [-0.3, -0.25) is 4.90 Å². The van der Waals surface area contributed by atoms with Gasteiger partial charge in [-0.15, -0.1) is 0 Å². The van der Waals surface area contributed by atoms with E-state index in [0.717, 1.165) is 65.9 Å². The van der Waals surface area contributed by atoms with E-state index in [4.69, 9.17) is 9.47 Å². The van der Waals surface area contributed by atoms with Gasteiger partial charge < -0.3 is 14.6 Å². The average molecular weight is 341 g/mol. The van der Waals surface area contributed by atoms with Gasteiger partial charge in [-0.2, -0.15) is 4.98 Å². The molecule has 132 valence electrons. The second-order valence-corrected chi connectivity index (χ2v) is 6.77. The summed E-state index contributed by atoms with van der Waals surface area (Å²) >= 11 is 0. The largest absolute Gasteiger partial charge is 0.492 e. The monoisotopic (exact) mass is 341 g/mol. The van der Waals surface area contributed by atoms with E-state index < -0.39 is 0 Å². The fourth-order valence-electron chi connectivity index (χ4n) is 3.61. The number of fused-ring (bicyclic) bond motifs is 2. The van der Waals surface area contributed by atoms with Gasteiger partial charge in [-0.1, -0.05) is 6.07 Å². The van der Waals surface area contributed by atoms with Crippen molar-refractivity contribution in [3.05, 3.63) is 46.4 Å². The van der Waals surface area contributed by atoms with Crippen LogP contribution < -0.4 is 9.47 Å². The van der Waals surface area contributed by atoms with Gasteiger partial charge in [0.1, 0.15) is 24.3 Å². The van der Waals surface area contributed by atoms with Gasteiger partial charge in [0, 0.05) is 42.9 Å². The van der Waals surface area contributed by atoms with Crippen molar-refractivity contribution < 1.29 is 14.6 Å². The molecule has 1 N–H and O–H groups in total. The van der Waals surface area contributed by atoms with E-state index in [1.54, 1.807) is 0 Å². The number of ether oxygens (including phenoxy) is 2. The standard InChI is InChI=1S/C19H23N3O3/c1-12-17-8-16(25-19(17)21-13(2)20-12)10-22-5-6-24-18-4-3-14(11-23)7-15(18)9-22/h3-4,7,16,23H,5-6,8-11H2,1-2H3/t16-/m1/s1. The van der Waals surface area contributed by atoms with Gasteiger partial charge in [-0.25, -0.2) is 4.98 Å². The van der Waals surface area contributed by atoms with Crippen LogP contribution in [0.5, 0.6) is 11.6 Å². The SMILES string of the molecule is Cc1nc(C)c2c(n1)O[C@@H](CN1CCOc3ccc(CO)cc3C1)C2. The van der Waals surface area contributed by atoms with Gasteiger partial charge in [0.2, 0.25) is 5.88 Å². The summed E-state index contributed by atoms with van der Waals surface area (Å²) in [4.78, 5) is 11.2. The number of nitrogens with zero attached hydrogens (tertiary/aromatic N) is 3. The molecule has 0 aliphatic carbocycles. The number of rotatable bonds is 3. The smallest absolute Gasteiger partial charge is 0.220 e. The molecule has 0 unspecified atom stereocenters. The molecule has 0 radical (unpaired) electrons. The molecule has 2 aliphatic heterocycles. The highest BCUT2D eigenvalue weighted by atomic mass is 16.5. The van der Waals surface area contributed by atoms with Crippen LogP contribution in [0, 0.1) is 13.8 Å². The first-order chi connectivity index (χ1) is 12.1. The summed E-state index contributed by atoms with van der Waals surface area (Å²) in [5, 5.41) is 9.37. The molecular formula is C19H23N3O3. The van der Waals surface area contributed by atoms with E-state index in [0.29, 0.717) is 6.61 Å². The van der Waals surface area contributed by atoms with E-state index in [1.165, 1.54) is 0 Å². The Morgan fingerprint density at radius 1 is 1.28 bits per heavy atom. The molecule has 6 nitrogen and oxygen atoms in total. The predicted molar refractivity (Wildman–Crippen MR) is 92.8 cm³/mol. The zero-order chi connectivity index (χ0) is 17.4. The Balaban J connectivity index is 1.47. The summed E-state index contributed by atoms with van der Waals surface area (Å²) in [6.07, 6.45) is 0.940. The van der Waals surface area contributed by atoms with Crippen LogP contribution >= 0.6 is 0 Å². The molecule has 0 amide bonds. The van der Waals surface area contributed by atoms with E-state index in [-0.39, 0.29) is 12.7 Å². The maximum Gasteiger partial charge on any atom is 0.220 e. The van der Waals surface area contributed by atoms with Crippen molar-refractivity contribution in [2.45, 2.75) is 39.5 Å². The van der Waals surface area contributed by atoms with Gasteiger partial charge >= 0.3 is 0 Å². The Morgan fingerprint density at radius 3 is 3.00 bits per heavy atom. The molecule has 0 bridgehead atoms. The molecule has 0 fully saturated rings. The Kier molecular flexibility index (Phi) is 4.31. The zero-order valence-corrected chi connectivity index (χ0v) is 14.7. The molecule has 6 heteroatoms. The highest BCUT2D eigenvalue weighted by molar-refractivity contribution is 5.38. The number of hydrogen-bond acceptors (Lipinski definition) is 6. The van der Waals surface area contributed by atoms with Crippen LogP contribution in [0.2, 0.25) is 0 Å². The first-order valence-corrected chi connectivity index (χ1v) is 8.71. The van der Waals surface area contributed by atoms with Crippen LogP contribution in [0.4, 0.5) is 0 Å². The Morgan fingerprint density at radius 2 is 2.16 bits per heavy atom. The highest BCUT2D eigenvalue weighted by Crippen LogP contribution is 2.30. The van der Waals surface area contributed by atoms with Gasteiger partial charge in [-0.05, 0) is 31.5 Å².